The van der Waals surface area contributed by atoms with Crippen molar-refractivity contribution >= 4 is 45.6 Å². The van der Waals surface area contributed by atoms with Gasteiger partial charge in [-0.25, -0.2) is 0 Å². The lowest BCUT2D eigenvalue weighted by molar-refractivity contribution is -0.119. The third-order valence-electron chi connectivity index (χ3n) is 5.80. The first kappa shape index (κ1) is 19.2. The maximum atomic E-state index is 13.3. The Labute approximate surface area is 185 Å². The van der Waals surface area contributed by atoms with Crippen LogP contribution in [0.15, 0.2) is 84.9 Å². The van der Waals surface area contributed by atoms with E-state index in [0.29, 0.717) is 23.0 Å². The monoisotopic (exact) mass is 431 g/mol. The SMILES string of the molecule is O=C1CC(c2c(Cl)cccc2Cl)c2c(ccc3ccccc23)N1Cc1ccccc1. The average Bonchev–Trinajstić information content (AvgIpc) is 2.76. The van der Waals surface area contributed by atoms with E-state index in [1.807, 2.05) is 65.6 Å². The summed E-state index contributed by atoms with van der Waals surface area (Å²) in [5, 5.41) is 3.45. The van der Waals surface area contributed by atoms with E-state index in [0.717, 1.165) is 33.2 Å². The van der Waals surface area contributed by atoms with Crippen LogP contribution in [0, 0.1) is 0 Å². The lowest BCUT2D eigenvalue weighted by Crippen LogP contribution is -2.36. The number of hydrogen-bond acceptors (Lipinski definition) is 1. The van der Waals surface area contributed by atoms with E-state index in [1.54, 1.807) is 0 Å². The first-order valence-corrected chi connectivity index (χ1v) is 10.7. The van der Waals surface area contributed by atoms with E-state index in [4.69, 9.17) is 23.2 Å². The van der Waals surface area contributed by atoms with Gasteiger partial charge in [-0.3, -0.25) is 4.79 Å². The Morgan fingerprint density at radius 2 is 1.47 bits per heavy atom. The van der Waals surface area contributed by atoms with Crippen molar-refractivity contribution in [2.75, 3.05) is 4.90 Å². The van der Waals surface area contributed by atoms with E-state index in [2.05, 4.69) is 24.3 Å². The van der Waals surface area contributed by atoms with Gasteiger partial charge in [0.25, 0.3) is 0 Å². The molecule has 0 fully saturated rings. The normalized spacial score (nSPS) is 16.0. The number of amides is 1. The van der Waals surface area contributed by atoms with Gasteiger partial charge >= 0.3 is 0 Å². The van der Waals surface area contributed by atoms with Gasteiger partial charge in [-0.05, 0) is 45.7 Å². The van der Waals surface area contributed by atoms with Gasteiger partial charge < -0.3 is 4.90 Å². The lowest BCUT2D eigenvalue weighted by Gasteiger charge is -2.36. The number of fused-ring (bicyclic) bond motifs is 3. The van der Waals surface area contributed by atoms with Crippen LogP contribution in [0.4, 0.5) is 5.69 Å². The minimum atomic E-state index is -0.188. The molecule has 1 atom stereocenters. The molecule has 1 heterocycles. The number of hydrogen-bond donors (Lipinski definition) is 0. The average molecular weight is 432 g/mol. The second kappa shape index (κ2) is 7.79. The summed E-state index contributed by atoms with van der Waals surface area (Å²) in [6.07, 6.45) is 0.331. The molecule has 5 rings (SSSR count). The van der Waals surface area contributed by atoms with Gasteiger partial charge in [0.05, 0.1) is 6.54 Å². The zero-order chi connectivity index (χ0) is 20.7. The second-order valence-electron chi connectivity index (χ2n) is 7.58. The molecule has 0 saturated carbocycles. The first-order valence-electron chi connectivity index (χ1n) is 9.93. The summed E-state index contributed by atoms with van der Waals surface area (Å²) in [6, 6.07) is 28.0. The third-order valence-corrected chi connectivity index (χ3v) is 6.46. The number of nitrogens with zero attached hydrogens (tertiary/aromatic N) is 1. The van der Waals surface area contributed by atoms with Gasteiger partial charge in [0.15, 0.2) is 0 Å². The quantitative estimate of drug-likeness (QED) is 0.335. The summed E-state index contributed by atoms with van der Waals surface area (Å²) in [4.78, 5) is 15.2. The molecule has 0 N–H and O–H groups in total. The Kier molecular flexibility index (Phi) is 4.98. The molecule has 30 heavy (non-hydrogen) atoms. The van der Waals surface area contributed by atoms with Crippen molar-refractivity contribution in [2.45, 2.75) is 18.9 Å². The van der Waals surface area contributed by atoms with Crippen molar-refractivity contribution < 1.29 is 4.79 Å². The van der Waals surface area contributed by atoms with Crippen LogP contribution in [0.25, 0.3) is 10.8 Å². The predicted octanol–water partition coefficient (Wildman–Crippen LogP) is 7.22. The zero-order valence-electron chi connectivity index (χ0n) is 16.2. The zero-order valence-corrected chi connectivity index (χ0v) is 17.7. The highest BCUT2D eigenvalue weighted by atomic mass is 35.5. The molecule has 1 unspecified atom stereocenters. The Morgan fingerprint density at radius 1 is 0.767 bits per heavy atom. The number of carbonyl (C=O) groups is 1. The van der Waals surface area contributed by atoms with Gasteiger partial charge in [0, 0.05) is 28.1 Å². The summed E-state index contributed by atoms with van der Waals surface area (Å²) in [5.41, 5.74) is 3.96. The van der Waals surface area contributed by atoms with E-state index >= 15 is 0 Å². The van der Waals surface area contributed by atoms with Gasteiger partial charge in [-0.1, -0.05) is 89.9 Å². The molecule has 2 nitrogen and oxygen atoms in total. The maximum absolute atomic E-state index is 13.3. The molecule has 4 aromatic carbocycles. The fourth-order valence-corrected chi connectivity index (χ4v) is 5.10. The van der Waals surface area contributed by atoms with Crippen molar-refractivity contribution in [3.8, 4) is 0 Å². The van der Waals surface area contributed by atoms with Crippen LogP contribution < -0.4 is 4.90 Å². The van der Waals surface area contributed by atoms with E-state index < -0.39 is 0 Å². The van der Waals surface area contributed by atoms with Crippen molar-refractivity contribution in [1.29, 1.82) is 0 Å². The Bertz CT molecular complexity index is 1230. The number of rotatable bonds is 3. The highest BCUT2D eigenvalue weighted by molar-refractivity contribution is 6.36. The molecule has 0 spiro atoms. The number of benzene rings is 4. The molecule has 4 aromatic rings. The maximum Gasteiger partial charge on any atom is 0.228 e. The van der Waals surface area contributed by atoms with Crippen LogP contribution in [0.1, 0.15) is 29.0 Å². The first-order chi connectivity index (χ1) is 14.6. The molecule has 0 aromatic heterocycles. The molecule has 1 aliphatic rings. The number of anilines is 1. The van der Waals surface area contributed by atoms with Crippen LogP contribution in [-0.2, 0) is 11.3 Å². The van der Waals surface area contributed by atoms with E-state index in [9.17, 15) is 4.79 Å². The molecule has 4 heteroatoms. The molecular weight excluding hydrogens is 413 g/mol. The number of carbonyl (C=O) groups excluding carboxylic acids is 1. The fourth-order valence-electron chi connectivity index (χ4n) is 4.44. The summed E-state index contributed by atoms with van der Waals surface area (Å²) >= 11 is 13.2. The van der Waals surface area contributed by atoms with Gasteiger partial charge in [0.1, 0.15) is 0 Å². The highest BCUT2D eigenvalue weighted by Crippen LogP contribution is 2.47. The third kappa shape index (κ3) is 3.27. The van der Waals surface area contributed by atoms with Crippen LogP contribution in [-0.4, -0.2) is 5.91 Å². The van der Waals surface area contributed by atoms with Crippen LogP contribution in [0.3, 0.4) is 0 Å². The topological polar surface area (TPSA) is 20.3 Å². The van der Waals surface area contributed by atoms with Crippen LogP contribution >= 0.6 is 23.2 Å². The lowest BCUT2D eigenvalue weighted by atomic mass is 9.81. The molecule has 0 bridgehead atoms. The summed E-state index contributed by atoms with van der Waals surface area (Å²) in [6.45, 7) is 0.536. The van der Waals surface area contributed by atoms with Crippen molar-refractivity contribution in [1.82, 2.24) is 0 Å². The minimum absolute atomic E-state index is 0.0719. The van der Waals surface area contributed by atoms with Crippen LogP contribution in [0.2, 0.25) is 10.0 Å². The molecule has 1 aliphatic heterocycles. The van der Waals surface area contributed by atoms with Gasteiger partial charge in [0.2, 0.25) is 5.91 Å². The predicted molar refractivity (Wildman–Crippen MR) is 125 cm³/mol. The summed E-state index contributed by atoms with van der Waals surface area (Å²) < 4.78 is 0. The Balaban J connectivity index is 1.74. The van der Waals surface area contributed by atoms with Crippen LogP contribution in [0.5, 0.6) is 0 Å². The smallest absolute Gasteiger partial charge is 0.228 e. The highest BCUT2D eigenvalue weighted by Gasteiger charge is 2.35. The molecular formula is C26H19Cl2NO. The van der Waals surface area contributed by atoms with E-state index in [-0.39, 0.29) is 11.8 Å². The molecule has 1 amide bonds. The molecule has 148 valence electrons. The molecule has 0 saturated heterocycles. The fraction of sp³-hybridized carbons (Fsp3) is 0.115. The largest absolute Gasteiger partial charge is 0.308 e. The summed E-state index contributed by atoms with van der Waals surface area (Å²) in [5.74, 6) is -0.116. The Hall–Kier alpha value is -2.81. The van der Waals surface area contributed by atoms with Crippen molar-refractivity contribution in [3.05, 3.63) is 112 Å². The van der Waals surface area contributed by atoms with Gasteiger partial charge in [-0.15, -0.1) is 0 Å². The van der Waals surface area contributed by atoms with Crippen molar-refractivity contribution in [3.63, 3.8) is 0 Å². The Morgan fingerprint density at radius 3 is 2.23 bits per heavy atom. The van der Waals surface area contributed by atoms with E-state index in [1.165, 1.54) is 0 Å². The molecule has 0 radical (unpaired) electrons. The molecule has 0 aliphatic carbocycles. The summed E-state index contributed by atoms with van der Waals surface area (Å²) in [7, 11) is 0. The second-order valence-corrected chi connectivity index (χ2v) is 8.39. The minimum Gasteiger partial charge on any atom is -0.308 e. The van der Waals surface area contributed by atoms with Gasteiger partial charge in [-0.2, -0.15) is 0 Å². The standard InChI is InChI=1S/C26H19Cl2NO/c27-21-11-6-12-22(28)26(21)20-15-24(30)29(16-17-7-2-1-3-8-17)23-14-13-18-9-4-5-10-19(18)25(20)23/h1-14,20H,15-16H2. The number of halogens is 2. The van der Waals surface area contributed by atoms with Crippen molar-refractivity contribution in [2.24, 2.45) is 0 Å².